The Hall–Kier alpha value is -3.15. The highest BCUT2D eigenvalue weighted by atomic mass is 16.5. The van der Waals surface area contributed by atoms with Gasteiger partial charge in [0.2, 0.25) is 11.8 Å². The molecule has 1 unspecified atom stereocenters. The van der Waals surface area contributed by atoms with Gasteiger partial charge in [0.15, 0.2) is 0 Å². The third-order valence-corrected chi connectivity index (χ3v) is 4.87. The van der Waals surface area contributed by atoms with E-state index in [1.54, 1.807) is 29.2 Å². The van der Waals surface area contributed by atoms with Gasteiger partial charge in [-0.25, -0.2) is 4.79 Å². The van der Waals surface area contributed by atoms with E-state index < -0.39 is 11.9 Å². The number of rotatable bonds is 4. The fraction of sp³-hybridized carbons (Fsp3) is 0.286. The summed E-state index contributed by atoms with van der Waals surface area (Å²) in [4.78, 5) is 38.1. The Balaban J connectivity index is 1.66. The van der Waals surface area contributed by atoms with Gasteiger partial charge in [-0.15, -0.1) is 0 Å². The smallest absolute Gasteiger partial charge is 0.337 e. The predicted octanol–water partition coefficient (Wildman–Crippen LogP) is 3.08. The van der Waals surface area contributed by atoms with Crippen molar-refractivity contribution in [3.8, 4) is 0 Å². The molecule has 1 saturated heterocycles. The van der Waals surface area contributed by atoms with Gasteiger partial charge in [0.05, 0.1) is 18.6 Å². The van der Waals surface area contributed by atoms with Gasteiger partial charge in [-0.05, 0) is 61.4 Å². The van der Waals surface area contributed by atoms with Crippen molar-refractivity contribution in [1.82, 2.24) is 0 Å². The van der Waals surface area contributed by atoms with Crippen LogP contribution in [0.25, 0.3) is 0 Å². The first kappa shape index (κ1) is 18.6. The van der Waals surface area contributed by atoms with E-state index in [0.717, 1.165) is 16.8 Å². The molecule has 0 spiro atoms. The van der Waals surface area contributed by atoms with Crippen molar-refractivity contribution in [2.75, 3.05) is 23.9 Å². The summed E-state index contributed by atoms with van der Waals surface area (Å²) in [5.41, 5.74) is 4.08. The number of nitrogens with one attached hydrogen (secondary N) is 1. The summed E-state index contributed by atoms with van der Waals surface area (Å²) in [5.74, 6) is -1.11. The van der Waals surface area contributed by atoms with Crippen molar-refractivity contribution in [1.29, 1.82) is 0 Å². The van der Waals surface area contributed by atoms with Gasteiger partial charge < -0.3 is 15.0 Å². The fourth-order valence-electron chi connectivity index (χ4n) is 3.08. The zero-order chi connectivity index (χ0) is 19.6. The van der Waals surface area contributed by atoms with Crippen LogP contribution in [0.4, 0.5) is 11.4 Å². The molecule has 27 heavy (non-hydrogen) atoms. The number of ether oxygens (including phenoxy) is 1. The van der Waals surface area contributed by atoms with Gasteiger partial charge in [0, 0.05) is 24.3 Å². The lowest BCUT2D eigenvalue weighted by molar-refractivity contribution is -0.122. The Kier molecular flexibility index (Phi) is 5.26. The Bertz CT molecular complexity index is 890. The molecular weight excluding hydrogens is 344 g/mol. The molecule has 1 N–H and O–H groups in total. The molecule has 0 bridgehead atoms. The quantitative estimate of drug-likeness (QED) is 0.844. The second kappa shape index (κ2) is 7.61. The first-order chi connectivity index (χ1) is 12.9. The lowest BCUT2D eigenvalue weighted by atomic mass is 10.1. The maximum atomic E-state index is 12.6. The number of carbonyl (C=O) groups excluding carboxylic acids is 3. The molecule has 1 aliphatic heterocycles. The molecule has 0 saturated carbocycles. The van der Waals surface area contributed by atoms with Crippen LogP contribution in [-0.2, 0) is 14.3 Å². The summed E-state index contributed by atoms with van der Waals surface area (Å²) in [7, 11) is 1.32. The Labute approximate surface area is 158 Å². The number of anilines is 2. The number of aryl methyl sites for hydroxylation is 2. The first-order valence-electron chi connectivity index (χ1n) is 8.76. The van der Waals surface area contributed by atoms with Crippen LogP contribution in [-0.4, -0.2) is 31.4 Å². The minimum atomic E-state index is -0.432. The molecule has 6 heteroatoms. The number of amides is 2. The minimum absolute atomic E-state index is 0.0561. The Morgan fingerprint density at radius 2 is 1.78 bits per heavy atom. The molecule has 1 fully saturated rings. The molecule has 3 rings (SSSR count). The number of hydrogen-bond donors (Lipinski definition) is 1. The molecule has 1 heterocycles. The third-order valence-electron chi connectivity index (χ3n) is 4.87. The van der Waals surface area contributed by atoms with Crippen LogP contribution in [0.5, 0.6) is 0 Å². The number of methoxy groups -OCH3 is 1. The van der Waals surface area contributed by atoms with Crippen molar-refractivity contribution in [2.24, 2.45) is 5.92 Å². The normalized spacial score (nSPS) is 16.3. The van der Waals surface area contributed by atoms with Crippen molar-refractivity contribution in [2.45, 2.75) is 20.3 Å². The average Bonchev–Trinajstić information content (AvgIpc) is 3.06. The highest BCUT2D eigenvalue weighted by molar-refractivity contribution is 6.03. The molecule has 0 aromatic heterocycles. The third kappa shape index (κ3) is 4.00. The minimum Gasteiger partial charge on any atom is -0.465 e. The number of benzene rings is 2. The van der Waals surface area contributed by atoms with E-state index in [-0.39, 0.29) is 18.2 Å². The van der Waals surface area contributed by atoms with Gasteiger partial charge in [-0.2, -0.15) is 0 Å². The van der Waals surface area contributed by atoms with Crippen LogP contribution in [0.2, 0.25) is 0 Å². The monoisotopic (exact) mass is 366 g/mol. The van der Waals surface area contributed by atoms with Crippen LogP contribution in [0.15, 0.2) is 42.5 Å². The fourth-order valence-corrected chi connectivity index (χ4v) is 3.08. The van der Waals surface area contributed by atoms with Crippen LogP contribution in [0.3, 0.4) is 0 Å². The van der Waals surface area contributed by atoms with E-state index in [2.05, 4.69) is 10.1 Å². The zero-order valence-electron chi connectivity index (χ0n) is 15.6. The molecule has 0 radical (unpaired) electrons. The Morgan fingerprint density at radius 1 is 1.07 bits per heavy atom. The maximum absolute atomic E-state index is 12.6. The molecule has 2 aromatic rings. The molecule has 2 aromatic carbocycles. The molecule has 2 amide bonds. The molecule has 1 aliphatic rings. The summed E-state index contributed by atoms with van der Waals surface area (Å²) in [6, 6.07) is 12.3. The van der Waals surface area contributed by atoms with E-state index in [1.165, 1.54) is 7.11 Å². The first-order valence-corrected chi connectivity index (χ1v) is 8.76. The maximum Gasteiger partial charge on any atom is 0.337 e. The lowest BCUT2D eigenvalue weighted by Crippen LogP contribution is -2.28. The molecule has 1 atom stereocenters. The summed E-state index contributed by atoms with van der Waals surface area (Å²) in [5, 5.41) is 2.81. The number of esters is 1. The van der Waals surface area contributed by atoms with Crippen molar-refractivity contribution >= 4 is 29.2 Å². The summed E-state index contributed by atoms with van der Waals surface area (Å²) in [6.07, 6.45) is 0.180. The second-order valence-electron chi connectivity index (χ2n) is 6.73. The van der Waals surface area contributed by atoms with Gasteiger partial charge in [-0.1, -0.05) is 6.07 Å². The van der Waals surface area contributed by atoms with Gasteiger partial charge in [0.25, 0.3) is 0 Å². The molecule has 0 aliphatic carbocycles. The Morgan fingerprint density at radius 3 is 2.41 bits per heavy atom. The average molecular weight is 366 g/mol. The molecular formula is C21H22N2O4. The van der Waals surface area contributed by atoms with Gasteiger partial charge >= 0.3 is 5.97 Å². The van der Waals surface area contributed by atoms with E-state index in [4.69, 9.17) is 0 Å². The van der Waals surface area contributed by atoms with Crippen LogP contribution >= 0.6 is 0 Å². The second-order valence-corrected chi connectivity index (χ2v) is 6.73. The number of hydrogen-bond acceptors (Lipinski definition) is 4. The highest BCUT2D eigenvalue weighted by Gasteiger charge is 2.35. The molecule has 6 nitrogen and oxygen atoms in total. The standard InChI is InChI=1S/C21H22N2O4/c1-13-4-9-18(10-14(13)2)23-12-16(11-19(23)24)20(25)22-17-7-5-15(6-8-17)21(26)27-3/h4-10,16H,11-12H2,1-3H3,(H,22,25). The zero-order valence-corrected chi connectivity index (χ0v) is 15.6. The van der Waals surface area contributed by atoms with Crippen LogP contribution in [0, 0.1) is 19.8 Å². The topological polar surface area (TPSA) is 75.7 Å². The summed E-state index contributed by atoms with van der Waals surface area (Å²) < 4.78 is 4.65. The SMILES string of the molecule is COC(=O)c1ccc(NC(=O)C2CC(=O)N(c3ccc(C)c(C)c3)C2)cc1. The van der Waals surface area contributed by atoms with E-state index in [0.29, 0.717) is 17.8 Å². The van der Waals surface area contributed by atoms with Gasteiger partial charge in [-0.3, -0.25) is 9.59 Å². The van der Waals surface area contributed by atoms with Crippen LogP contribution in [0.1, 0.15) is 27.9 Å². The number of carbonyl (C=O) groups is 3. The van der Waals surface area contributed by atoms with Gasteiger partial charge in [0.1, 0.15) is 0 Å². The highest BCUT2D eigenvalue weighted by Crippen LogP contribution is 2.27. The van der Waals surface area contributed by atoms with E-state index >= 15 is 0 Å². The van der Waals surface area contributed by atoms with E-state index in [9.17, 15) is 14.4 Å². The predicted molar refractivity (Wildman–Crippen MR) is 103 cm³/mol. The van der Waals surface area contributed by atoms with Crippen molar-refractivity contribution < 1.29 is 19.1 Å². The van der Waals surface area contributed by atoms with E-state index in [1.807, 2.05) is 32.0 Å². The van der Waals surface area contributed by atoms with Crippen LogP contribution < -0.4 is 10.2 Å². The summed E-state index contributed by atoms with van der Waals surface area (Å²) >= 11 is 0. The lowest BCUT2D eigenvalue weighted by Gasteiger charge is -2.18. The largest absolute Gasteiger partial charge is 0.465 e. The number of nitrogens with zero attached hydrogens (tertiary/aromatic N) is 1. The summed E-state index contributed by atoms with van der Waals surface area (Å²) in [6.45, 7) is 4.38. The molecule has 140 valence electrons. The van der Waals surface area contributed by atoms with Crippen molar-refractivity contribution in [3.05, 3.63) is 59.2 Å². The van der Waals surface area contributed by atoms with Crippen molar-refractivity contribution in [3.63, 3.8) is 0 Å².